The molecule has 6 rings (SSSR count). The lowest BCUT2D eigenvalue weighted by Gasteiger charge is -2.32. The van der Waals surface area contributed by atoms with Gasteiger partial charge in [-0.2, -0.15) is 23.5 Å². The lowest BCUT2D eigenvalue weighted by atomic mass is 10.00. The molecule has 0 aliphatic carbocycles. The SMILES string of the molecule is CC(C)C[C@@H]1NC(=O)[C@@H]2CCCN2C(=O)[C@@H]2CSCc3cc(cc(c3)OCCCCCCO/N=C/C(=O)N[C@@H](CCCC[NH3+])C(=O)N2)CSC[C@@H](C(N)=O)NC(=O)[C@H](CCC(=O)[O-])NC(=O)[C@H](Cc2ccc(O)cc2)NC(=O)[C@@H]2CCCN2C(=O)[C@H](CC(C)C)NC(=O)[C@H](CC(=O)[O-])NC1=O. The van der Waals surface area contributed by atoms with Crippen molar-refractivity contribution in [1.82, 2.24) is 52.3 Å². The standard InChI is InChI=1S/C68H99N13O18S2/c1-39(2)27-48-62(91)74-50(33-58(86)87)64(93)77-51(28-40(3)4)67(96)80-23-11-14-54(80)66(95)76-49(32-41-16-18-44(82)19-17-41)63(92)73-47(20-21-57(84)85)61(90)78-52(59(70)88)37-100-35-42-29-43-31-45(30-42)98-25-9-5-6-10-26-99-71-34-56(83)72-46(13-7-8-22-69)60(89)79-53(38-101-36-43)68(97)81-24-12-15-55(81)65(94)75-48/h16-19,29-31,34,39-40,46-55,82H,5-15,20-28,32-33,35-38,69H2,1-4H3,(H2,70,88)(H,72,83)(H,73,92)(H,74,91)(H,75,94)(H,76,95)(H,77,93)(H,78,90)(H,79,89)(H,84,85)(H,86,87)/p-1/b71-34+/t46-,47-,48-,49-,50-,51-,52-,53-,54-,55-/m0/s1. The highest BCUT2D eigenvalue weighted by molar-refractivity contribution is 7.98. The zero-order valence-corrected chi connectivity index (χ0v) is 59.4. The first-order valence-corrected chi connectivity index (χ1v) is 36.9. The molecule has 2 aromatic carbocycles. The van der Waals surface area contributed by atoms with Crippen LogP contribution >= 0.6 is 23.5 Å². The van der Waals surface area contributed by atoms with Gasteiger partial charge in [-0.25, -0.2) is 0 Å². The number of carboxylic acid groups (broad SMARTS) is 2. The van der Waals surface area contributed by atoms with Crippen LogP contribution in [0.3, 0.4) is 0 Å². The van der Waals surface area contributed by atoms with Crippen molar-refractivity contribution in [3.05, 3.63) is 59.2 Å². The molecule has 2 fully saturated rings. The number of nitrogens with zero attached hydrogens (tertiary/aromatic N) is 3. The van der Waals surface area contributed by atoms with Gasteiger partial charge in [-0.3, -0.25) is 52.7 Å². The van der Waals surface area contributed by atoms with Gasteiger partial charge in [-0.05, 0) is 149 Å². The molecule has 0 spiro atoms. The third-order valence-electron chi connectivity index (χ3n) is 17.3. The lowest BCUT2D eigenvalue weighted by Crippen LogP contribution is -2.61. The minimum atomic E-state index is -1.90. The van der Waals surface area contributed by atoms with E-state index >= 15 is 4.79 Å². The van der Waals surface area contributed by atoms with Crippen LogP contribution in [0.5, 0.6) is 11.5 Å². The number of carbonyl (C=O) groups is 13. The Kier molecular flexibility index (Phi) is 33.2. The highest BCUT2D eigenvalue weighted by Crippen LogP contribution is 2.28. The fraction of sp³-hybridized carbons (Fsp3) is 0.618. The monoisotopic (exact) mass is 1450 g/mol. The Labute approximate surface area is 595 Å². The van der Waals surface area contributed by atoms with Gasteiger partial charge < -0.3 is 98.3 Å². The summed E-state index contributed by atoms with van der Waals surface area (Å²) in [6.07, 6.45) is 2.87. The topological polar surface area (TPSA) is 475 Å². The molecule has 31 nitrogen and oxygen atoms in total. The highest BCUT2D eigenvalue weighted by atomic mass is 32.2. The summed E-state index contributed by atoms with van der Waals surface area (Å²) in [7, 11) is 0. The van der Waals surface area contributed by atoms with E-state index in [1.165, 1.54) is 57.6 Å². The summed E-state index contributed by atoms with van der Waals surface area (Å²) >= 11 is 2.45. The molecule has 2 aromatic rings. The molecule has 10 atom stereocenters. The number of oxime groups is 1. The molecular weight excluding hydrogens is 1350 g/mol. The normalized spacial score (nSPS) is 25.7. The van der Waals surface area contributed by atoms with Crippen molar-refractivity contribution in [3.63, 3.8) is 0 Å². The Balaban J connectivity index is 1.42. The fourth-order valence-electron chi connectivity index (χ4n) is 12.2. The molecule has 4 heterocycles. The summed E-state index contributed by atoms with van der Waals surface area (Å²) in [5, 5.41) is 59.4. The summed E-state index contributed by atoms with van der Waals surface area (Å²) in [4.78, 5) is 190. The van der Waals surface area contributed by atoms with Crippen LogP contribution in [-0.2, 0) is 85.1 Å². The van der Waals surface area contributed by atoms with E-state index in [4.69, 9.17) is 15.3 Å². The number of benzene rings is 2. The van der Waals surface area contributed by atoms with Crippen LogP contribution in [0, 0.1) is 11.8 Å². The summed E-state index contributed by atoms with van der Waals surface area (Å²) in [6, 6.07) is -3.29. The average Bonchev–Trinajstić information content (AvgIpc) is 1.75. The van der Waals surface area contributed by atoms with E-state index in [0.29, 0.717) is 67.7 Å². The number of fused-ring (bicyclic) bond motifs is 7. The number of nitrogens with two attached hydrogens (primary N) is 1. The number of unbranched alkanes of at least 4 members (excludes halogenated alkanes) is 1. The second-order valence-corrected chi connectivity index (χ2v) is 28.6. The maximum Gasteiger partial charge on any atom is 0.266 e. The first kappa shape index (κ1) is 81.2. The lowest BCUT2D eigenvalue weighted by molar-refractivity contribution is -0.368. The molecule has 11 amide bonds. The number of thioether (sulfide) groups is 2. The summed E-state index contributed by atoms with van der Waals surface area (Å²) in [5.74, 6) is -13.0. The number of aliphatic carboxylic acids is 2. The average molecular weight is 1450 g/mol. The predicted molar refractivity (Wildman–Crippen MR) is 367 cm³/mol. The van der Waals surface area contributed by atoms with E-state index < -0.39 is 157 Å². The van der Waals surface area contributed by atoms with Gasteiger partial charge >= 0.3 is 0 Å². The highest BCUT2D eigenvalue weighted by Gasteiger charge is 2.43. The molecule has 4 bridgehead atoms. The zero-order valence-electron chi connectivity index (χ0n) is 57.8. The number of carboxylic acids is 2. The zero-order chi connectivity index (χ0) is 73.7. The van der Waals surface area contributed by atoms with Crippen molar-refractivity contribution in [2.45, 2.75) is 209 Å². The van der Waals surface area contributed by atoms with Gasteiger partial charge in [0.25, 0.3) is 5.91 Å². The van der Waals surface area contributed by atoms with Gasteiger partial charge in [0.1, 0.15) is 84.7 Å². The van der Waals surface area contributed by atoms with Crippen LogP contribution in [0.4, 0.5) is 0 Å². The van der Waals surface area contributed by atoms with Gasteiger partial charge in [0.05, 0.1) is 13.2 Å². The van der Waals surface area contributed by atoms with Crippen molar-refractivity contribution in [1.29, 1.82) is 0 Å². The summed E-state index contributed by atoms with van der Waals surface area (Å²) < 4.78 is 6.29. The summed E-state index contributed by atoms with van der Waals surface area (Å²) in [6.45, 7) is 8.04. The second-order valence-electron chi connectivity index (χ2n) is 26.6. The number of hydrogen-bond acceptors (Lipinski definition) is 21. The fourth-order valence-corrected chi connectivity index (χ4v) is 14.2. The smallest absolute Gasteiger partial charge is 0.266 e. The Morgan fingerprint density at radius 1 is 0.604 bits per heavy atom. The number of hydrogen-bond donors (Lipinski definition) is 11. The molecule has 14 N–H and O–H groups in total. The number of phenols is 1. The van der Waals surface area contributed by atoms with Gasteiger partial charge in [0, 0.05) is 60.9 Å². The molecule has 33 heteroatoms. The number of carbonyl (C=O) groups excluding carboxylic acids is 13. The van der Waals surface area contributed by atoms with E-state index in [0.717, 1.165) is 19.1 Å². The number of ether oxygens (including phenoxy) is 1. The quantitative estimate of drug-likeness (QED) is 0.0780. The van der Waals surface area contributed by atoms with E-state index in [1.54, 1.807) is 33.8 Å². The number of amides is 11. The van der Waals surface area contributed by atoms with Gasteiger partial charge in [-0.15, -0.1) is 0 Å². The van der Waals surface area contributed by atoms with Gasteiger partial charge in [0.2, 0.25) is 59.1 Å². The molecule has 4 aliphatic rings. The Morgan fingerprint density at radius 2 is 1.14 bits per heavy atom. The predicted octanol–water partition coefficient (Wildman–Crippen LogP) is -2.41. The largest absolute Gasteiger partial charge is 0.550 e. The minimum Gasteiger partial charge on any atom is -0.550 e. The first-order valence-electron chi connectivity index (χ1n) is 34.6. The van der Waals surface area contributed by atoms with Crippen molar-refractivity contribution in [2.24, 2.45) is 22.7 Å². The van der Waals surface area contributed by atoms with Crippen LogP contribution in [0.2, 0.25) is 0 Å². The molecule has 0 aromatic heterocycles. The maximum absolute atomic E-state index is 15.2. The Morgan fingerprint density at radius 3 is 1.75 bits per heavy atom. The van der Waals surface area contributed by atoms with Crippen LogP contribution in [0.1, 0.15) is 147 Å². The van der Waals surface area contributed by atoms with Gasteiger partial charge in [0.15, 0.2) is 0 Å². The molecule has 2 saturated heterocycles. The Bertz CT molecular complexity index is 3250. The van der Waals surface area contributed by atoms with Crippen LogP contribution in [0.15, 0.2) is 47.6 Å². The number of primary amides is 1. The third-order valence-corrected chi connectivity index (χ3v) is 19.5. The van der Waals surface area contributed by atoms with Crippen molar-refractivity contribution >= 4 is 107 Å². The summed E-state index contributed by atoms with van der Waals surface area (Å²) in [5.41, 5.74) is 11.6. The van der Waals surface area contributed by atoms with Crippen molar-refractivity contribution in [2.75, 3.05) is 44.4 Å². The van der Waals surface area contributed by atoms with Crippen LogP contribution in [-0.4, -0.2) is 203 Å². The number of rotatable bonds is 16. The number of aromatic hydroxyl groups is 1. The molecule has 0 unspecified atom stereocenters. The molecule has 556 valence electrons. The maximum atomic E-state index is 15.2. The van der Waals surface area contributed by atoms with Crippen LogP contribution < -0.4 is 69.0 Å². The number of quaternary nitrogens is 1. The van der Waals surface area contributed by atoms with Gasteiger partial charge in [-0.1, -0.05) is 51.0 Å². The van der Waals surface area contributed by atoms with E-state index in [1.807, 2.05) is 12.1 Å². The Hall–Kier alpha value is -8.72. The third kappa shape index (κ3) is 27.0. The molecule has 0 radical (unpaired) electrons. The minimum absolute atomic E-state index is 0.0268. The molecule has 4 aliphatic heterocycles. The second kappa shape index (κ2) is 41.3. The molecule has 0 saturated carbocycles. The molecule has 101 heavy (non-hydrogen) atoms. The number of phenolic OH excluding ortho intramolecular Hbond substituents is 1. The van der Waals surface area contributed by atoms with E-state index in [-0.39, 0.29) is 105 Å². The van der Waals surface area contributed by atoms with Crippen molar-refractivity contribution in [3.8, 4) is 11.5 Å². The van der Waals surface area contributed by atoms with Crippen LogP contribution in [0.25, 0.3) is 0 Å². The molecular formula is C68H98N13O18S2-. The van der Waals surface area contributed by atoms with E-state index in [2.05, 4.69) is 53.4 Å². The van der Waals surface area contributed by atoms with E-state index in [9.17, 15) is 72.9 Å². The number of nitrogens with one attached hydrogen (secondary N) is 8. The van der Waals surface area contributed by atoms with Crippen molar-refractivity contribution < 1.29 is 93.0 Å². The first-order chi connectivity index (χ1) is 48.2.